The molecule has 0 radical (unpaired) electrons. The maximum atomic E-state index is 15.4. The van der Waals surface area contributed by atoms with E-state index in [1.54, 1.807) is 42.4 Å². The number of halogens is 1. The highest BCUT2D eigenvalue weighted by Crippen LogP contribution is 2.37. The van der Waals surface area contributed by atoms with Gasteiger partial charge in [0.25, 0.3) is 0 Å². The minimum atomic E-state index is -0.553. The first-order valence-electron chi connectivity index (χ1n) is 11.1. The van der Waals surface area contributed by atoms with E-state index < -0.39 is 6.04 Å². The Kier molecular flexibility index (Phi) is 6.45. The summed E-state index contributed by atoms with van der Waals surface area (Å²) in [6.07, 6.45) is 4.61. The number of aromatic nitrogens is 2. The first kappa shape index (κ1) is 22.9. The van der Waals surface area contributed by atoms with Crippen LogP contribution in [0, 0.1) is 24.1 Å². The number of aromatic amines is 1. The Bertz CT molecular complexity index is 1200. The third-order valence-electron chi connectivity index (χ3n) is 6.64. The Labute approximate surface area is 192 Å². The van der Waals surface area contributed by atoms with Crippen LogP contribution < -0.4 is 0 Å². The van der Waals surface area contributed by atoms with E-state index in [9.17, 15) is 15.2 Å². The van der Waals surface area contributed by atoms with Crippen LogP contribution in [0.25, 0.3) is 22.2 Å². The number of aryl methyl sites for hydroxylation is 1. The molecule has 1 saturated heterocycles. The first-order valence-corrected chi connectivity index (χ1v) is 11.1. The van der Waals surface area contributed by atoms with E-state index in [-0.39, 0.29) is 24.2 Å². The van der Waals surface area contributed by atoms with Crippen LogP contribution in [0.3, 0.4) is 0 Å². The Hall–Kier alpha value is -3.28. The van der Waals surface area contributed by atoms with Crippen molar-refractivity contribution in [2.45, 2.75) is 31.7 Å². The maximum absolute atomic E-state index is 15.4. The predicted molar refractivity (Wildman–Crippen MR) is 124 cm³/mol. The molecule has 3 heterocycles. The van der Waals surface area contributed by atoms with E-state index >= 15 is 4.39 Å². The number of rotatable bonds is 5. The number of nitriles is 1. The molecule has 1 aliphatic heterocycles. The number of likely N-dealkylation sites (tertiary alicyclic amines) is 1. The summed E-state index contributed by atoms with van der Waals surface area (Å²) < 4.78 is 15.4. The van der Waals surface area contributed by atoms with Crippen LogP contribution in [0.4, 0.5) is 4.39 Å². The fourth-order valence-corrected chi connectivity index (χ4v) is 4.87. The second-order valence-corrected chi connectivity index (χ2v) is 8.85. The number of amides is 1. The molecule has 33 heavy (non-hydrogen) atoms. The molecular weight excluding hydrogens is 421 g/mol. The number of hydrogen-bond donors (Lipinski definition) is 2. The molecule has 1 aliphatic rings. The normalized spacial score (nSPS) is 15.7. The molecule has 1 amide bonds. The molecule has 3 aromatic rings. The van der Waals surface area contributed by atoms with Crippen LogP contribution in [0.1, 0.15) is 35.4 Å². The van der Waals surface area contributed by atoms with E-state index in [1.165, 1.54) is 6.07 Å². The zero-order valence-electron chi connectivity index (χ0n) is 19.1. The van der Waals surface area contributed by atoms with Gasteiger partial charge >= 0.3 is 0 Å². The van der Waals surface area contributed by atoms with Gasteiger partial charge in [-0.05, 0) is 74.2 Å². The molecule has 0 spiro atoms. The van der Waals surface area contributed by atoms with Crippen molar-refractivity contribution in [1.82, 2.24) is 19.8 Å². The fourth-order valence-electron chi connectivity index (χ4n) is 4.87. The Morgan fingerprint density at radius 2 is 2.12 bits per heavy atom. The molecule has 0 bridgehead atoms. The van der Waals surface area contributed by atoms with E-state index in [0.29, 0.717) is 53.7 Å². The summed E-state index contributed by atoms with van der Waals surface area (Å²) in [5, 5.41) is 19.7. The number of nitrogens with one attached hydrogen (secondary N) is 1. The number of aliphatic hydroxyl groups is 1. The van der Waals surface area contributed by atoms with Gasteiger partial charge in [0.2, 0.25) is 5.91 Å². The minimum absolute atomic E-state index is 0.0226. The summed E-state index contributed by atoms with van der Waals surface area (Å²) >= 11 is 0. The maximum Gasteiger partial charge on any atom is 0.242 e. The predicted octanol–water partition coefficient (Wildman–Crippen LogP) is 3.18. The molecule has 1 fully saturated rings. The second-order valence-electron chi connectivity index (χ2n) is 8.85. The summed E-state index contributed by atoms with van der Waals surface area (Å²) in [5.41, 5.74) is 4.10. The van der Waals surface area contributed by atoms with Crippen molar-refractivity contribution in [2.24, 2.45) is 0 Å². The summed E-state index contributed by atoms with van der Waals surface area (Å²) in [7, 11) is 3.55. The Morgan fingerprint density at radius 3 is 2.73 bits per heavy atom. The van der Waals surface area contributed by atoms with Crippen LogP contribution in [0.5, 0.6) is 0 Å². The van der Waals surface area contributed by atoms with Crippen molar-refractivity contribution >= 4 is 16.9 Å². The van der Waals surface area contributed by atoms with Crippen molar-refractivity contribution in [3.05, 3.63) is 53.1 Å². The van der Waals surface area contributed by atoms with Crippen LogP contribution in [-0.2, 0) is 4.79 Å². The van der Waals surface area contributed by atoms with Crippen molar-refractivity contribution in [3.63, 3.8) is 0 Å². The smallest absolute Gasteiger partial charge is 0.242 e. The number of nitrogens with zero attached hydrogens (tertiary/aromatic N) is 4. The number of aliphatic hydroxyl groups excluding tert-OH is 1. The fraction of sp³-hybridized carbons (Fsp3) is 0.400. The van der Waals surface area contributed by atoms with Gasteiger partial charge in [-0.15, -0.1) is 0 Å². The summed E-state index contributed by atoms with van der Waals surface area (Å²) in [6, 6.07) is 6.92. The molecule has 4 rings (SSSR count). The quantitative estimate of drug-likeness (QED) is 0.624. The lowest BCUT2D eigenvalue weighted by Crippen LogP contribution is -2.50. The zero-order valence-corrected chi connectivity index (χ0v) is 19.1. The third kappa shape index (κ3) is 4.22. The van der Waals surface area contributed by atoms with Crippen molar-refractivity contribution in [2.75, 3.05) is 33.8 Å². The van der Waals surface area contributed by atoms with Gasteiger partial charge < -0.3 is 15.0 Å². The van der Waals surface area contributed by atoms with Crippen LogP contribution in [0.2, 0.25) is 0 Å². The second kappa shape index (κ2) is 9.30. The summed E-state index contributed by atoms with van der Waals surface area (Å²) in [6.45, 7) is 2.76. The Morgan fingerprint density at radius 1 is 1.39 bits per heavy atom. The zero-order chi connectivity index (χ0) is 23.7. The topological polar surface area (TPSA) is 96.2 Å². The average molecular weight is 450 g/mol. The van der Waals surface area contributed by atoms with Crippen LogP contribution in [0.15, 0.2) is 30.6 Å². The number of piperidine rings is 1. The molecular formula is C25H28FN5O2. The average Bonchev–Trinajstić information content (AvgIpc) is 3.22. The molecule has 2 N–H and O–H groups in total. The van der Waals surface area contributed by atoms with Crippen LogP contribution >= 0.6 is 0 Å². The lowest BCUT2D eigenvalue weighted by Gasteiger charge is -2.36. The number of benzene rings is 1. The monoisotopic (exact) mass is 449 g/mol. The minimum Gasteiger partial charge on any atom is -0.394 e. The van der Waals surface area contributed by atoms with Crippen molar-refractivity contribution < 1.29 is 14.3 Å². The van der Waals surface area contributed by atoms with Gasteiger partial charge in [-0.25, -0.2) is 9.37 Å². The standard InChI is InChI=1S/C25H28FN5O2/c1-15-10-17(19-4-7-28-24-23(19)18(12-27)13-29-24)11-20(26)22(15)16-5-8-31(9-6-16)25(33)21(14-32)30(2)3/h4,7,10-11,13,16,21,32H,5-6,8-9,14H2,1-3H3,(H,28,29). The van der Waals surface area contributed by atoms with Crippen molar-refractivity contribution in [1.29, 1.82) is 5.26 Å². The number of fused-ring (bicyclic) bond motifs is 1. The molecule has 1 atom stereocenters. The van der Waals surface area contributed by atoms with Gasteiger partial charge in [0.15, 0.2) is 0 Å². The lowest BCUT2D eigenvalue weighted by molar-refractivity contribution is -0.138. The molecule has 1 unspecified atom stereocenters. The molecule has 2 aromatic heterocycles. The van der Waals surface area contributed by atoms with Gasteiger partial charge in [0.05, 0.1) is 12.2 Å². The van der Waals surface area contributed by atoms with E-state index in [2.05, 4.69) is 16.0 Å². The van der Waals surface area contributed by atoms with Gasteiger partial charge in [0, 0.05) is 30.9 Å². The summed E-state index contributed by atoms with van der Waals surface area (Å²) in [5.74, 6) is -0.334. The highest BCUT2D eigenvalue weighted by molar-refractivity contribution is 5.97. The van der Waals surface area contributed by atoms with Crippen molar-refractivity contribution in [3.8, 4) is 17.2 Å². The largest absolute Gasteiger partial charge is 0.394 e. The van der Waals surface area contributed by atoms with E-state index in [4.69, 9.17) is 0 Å². The molecule has 172 valence electrons. The van der Waals surface area contributed by atoms with E-state index in [0.717, 1.165) is 11.1 Å². The first-order chi connectivity index (χ1) is 15.8. The number of H-pyrrole nitrogens is 1. The van der Waals surface area contributed by atoms with Gasteiger partial charge in [-0.3, -0.25) is 9.69 Å². The highest BCUT2D eigenvalue weighted by atomic mass is 19.1. The highest BCUT2D eigenvalue weighted by Gasteiger charge is 2.31. The molecule has 8 heteroatoms. The van der Waals surface area contributed by atoms with Gasteiger partial charge in [0.1, 0.15) is 23.6 Å². The number of likely N-dealkylation sites (N-methyl/N-ethyl adjacent to an activating group) is 1. The Balaban J connectivity index is 1.58. The molecule has 7 nitrogen and oxygen atoms in total. The van der Waals surface area contributed by atoms with Gasteiger partial charge in [-0.2, -0.15) is 5.26 Å². The third-order valence-corrected chi connectivity index (χ3v) is 6.64. The molecule has 1 aromatic carbocycles. The molecule has 0 saturated carbocycles. The SMILES string of the molecule is Cc1cc(-c2ccnc3[nH]cc(C#N)c23)cc(F)c1C1CCN(C(=O)C(CO)N(C)C)CC1. The number of carbonyl (C=O) groups excluding carboxylic acids is 1. The lowest BCUT2D eigenvalue weighted by atomic mass is 9.84. The van der Waals surface area contributed by atoms with Crippen LogP contribution in [-0.4, -0.2) is 70.6 Å². The number of hydrogen-bond acceptors (Lipinski definition) is 5. The number of carbonyl (C=O) groups is 1. The molecule has 0 aliphatic carbocycles. The number of pyridine rings is 1. The summed E-state index contributed by atoms with van der Waals surface area (Å²) in [4.78, 5) is 23.5. The van der Waals surface area contributed by atoms with E-state index in [1.807, 2.05) is 13.0 Å². The van der Waals surface area contributed by atoms with Gasteiger partial charge in [-0.1, -0.05) is 6.07 Å².